The molecule has 2 aliphatic heterocycles. The van der Waals surface area contributed by atoms with E-state index in [1.165, 1.54) is 48.5 Å². The van der Waals surface area contributed by atoms with Gasteiger partial charge in [0.25, 0.3) is 0 Å². The van der Waals surface area contributed by atoms with Gasteiger partial charge in [-0.25, -0.2) is 0 Å². The third-order valence-electron chi connectivity index (χ3n) is 15.5. The van der Waals surface area contributed by atoms with E-state index in [0.717, 1.165) is 97.3 Å². The SMILES string of the molecule is Cc1ccc(C(=O)c2ccc(Oc3ccc(C(c4ccc(Oc5ccc(C(=O)c6ccc(-c7ccc(C)c(C(=O)c8cc(Oc9ccc(OC%10CCCCO%10)cc9)ccc8OC8CCCCO8)c7)cc6)cc5)cc4)(C(F)(F)F)C(F)(F)F)cc3)cc2)cc1. The first kappa shape index (κ1) is 60.2. The highest BCUT2D eigenvalue weighted by Crippen LogP contribution is 2.56. The Morgan fingerprint density at radius 1 is 0.386 bits per heavy atom. The first-order valence-corrected chi connectivity index (χ1v) is 28.7. The zero-order valence-electron chi connectivity index (χ0n) is 47.8. The highest BCUT2D eigenvalue weighted by atomic mass is 19.4. The lowest BCUT2D eigenvalue weighted by atomic mass is 9.73. The fourth-order valence-corrected chi connectivity index (χ4v) is 10.7. The summed E-state index contributed by atoms with van der Waals surface area (Å²) in [6, 6.07) is 50.5. The lowest BCUT2D eigenvalue weighted by molar-refractivity contribution is -0.288. The van der Waals surface area contributed by atoms with Crippen LogP contribution in [0.25, 0.3) is 11.1 Å². The van der Waals surface area contributed by atoms with E-state index in [1.807, 2.05) is 38.1 Å². The van der Waals surface area contributed by atoms with Crippen LogP contribution in [-0.4, -0.2) is 55.5 Å². The summed E-state index contributed by atoms with van der Waals surface area (Å²) in [7, 11) is 0. The molecule has 2 heterocycles. The number of rotatable bonds is 19. The van der Waals surface area contributed by atoms with Crippen LogP contribution in [0.1, 0.15) is 109 Å². The van der Waals surface area contributed by atoms with Crippen LogP contribution in [0.15, 0.2) is 206 Å². The van der Waals surface area contributed by atoms with Crippen LogP contribution < -0.4 is 23.7 Å². The molecule has 2 fully saturated rings. The van der Waals surface area contributed by atoms with Gasteiger partial charge in [-0.05, 0) is 189 Å². The van der Waals surface area contributed by atoms with Crippen LogP contribution in [0, 0.1) is 13.8 Å². The summed E-state index contributed by atoms with van der Waals surface area (Å²) < 4.78 is 132. The van der Waals surface area contributed by atoms with E-state index >= 15 is 26.3 Å². The lowest BCUT2D eigenvalue weighted by Gasteiger charge is -2.38. The number of hydrogen-bond acceptors (Lipinski definition) is 10. The molecule has 0 spiro atoms. The lowest BCUT2D eigenvalue weighted by Crippen LogP contribution is -2.54. The van der Waals surface area contributed by atoms with Gasteiger partial charge in [-0.2, -0.15) is 26.3 Å². The molecule has 11 rings (SSSR count). The van der Waals surface area contributed by atoms with E-state index in [0.29, 0.717) is 70.4 Å². The Bertz CT molecular complexity index is 3900. The smallest absolute Gasteiger partial charge is 0.411 e. The Morgan fingerprint density at radius 2 is 0.773 bits per heavy atom. The third kappa shape index (κ3) is 13.4. The Morgan fingerprint density at radius 3 is 1.23 bits per heavy atom. The summed E-state index contributed by atoms with van der Waals surface area (Å²) in [6.07, 6.45) is -7.12. The number of halogens is 6. The molecule has 2 aliphatic rings. The minimum absolute atomic E-state index is 0.0370. The topological polar surface area (TPSA) is 116 Å². The van der Waals surface area contributed by atoms with E-state index in [1.54, 1.807) is 84.9 Å². The molecular weight excluding hydrogens is 1140 g/mol. The Labute approximate surface area is 504 Å². The molecule has 0 aromatic heterocycles. The van der Waals surface area contributed by atoms with Crippen LogP contribution >= 0.6 is 0 Å². The number of hydrogen-bond donors (Lipinski definition) is 0. The molecule has 0 radical (unpaired) electrons. The van der Waals surface area contributed by atoms with Crippen molar-refractivity contribution in [2.45, 2.75) is 82.7 Å². The summed E-state index contributed by atoms with van der Waals surface area (Å²) in [4.78, 5) is 41.4. The van der Waals surface area contributed by atoms with Gasteiger partial charge in [-0.1, -0.05) is 90.5 Å². The number of carbonyl (C=O) groups is 3. The number of carbonyl (C=O) groups excluding carboxylic acids is 3. The van der Waals surface area contributed by atoms with Gasteiger partial charge >= 0.3 is 12.4 Å². The predicted octanol–water partition coefficient (Wildman–Crippen LogP) is 18.3. The van der Waals surface area contributed by atoms with Crippen molar-refractivity contribution in [3.63, 3.8) is 0 Å². The first-order chi connectivity index (χ1) is 42.4. The zero-order chi connectivity index (χ0) is 61.6. The van der Waals surface area contributed by atoms with E-state index in [2.05, 4.69) is 0 Å². The second-order valence-electron chi connectivity index (χ2n) is 21.6. The number of benzene rings is 9. The van der Waals surface area contributed by atoms with Crippen molar-refractivity contribution < 1.29 is 73.9 Å². The second-order valence-corrected chi connectivity index (χ2v) is 21.6. The van der Waals surface area contributed by atoms with Crippen LogP contribution in [0.5, 0.6) is 46.0 Å². The molecule has 9 aromatic carbocycles. The second kappa shape index (κ2) is 25.8. The molecule has 10 nitrogen and oxygen atoms in total. The predicted molar refractivity (Wildman–Crippen MR) is 318 cm³/mol. The molecule has 0 bridgehead atoms. The van der Waals surface area contributed by atoms with E-state index in [9.17, 15) is 14.4 Å². The molecular formula is C72H58F6O10. The molecule has 0 saturated carbocycles. The summed E-state index contributed by atoms with van der Waals surface area (Å²) >= 11 is 0. The molecule has 0 aliphatic carbocycles. The average Bonchev–Trinajstić information content (AvgIpc) is 1.21. The normalized spacial score (nSPS) is 15.4. The van der Waals surface area contributed by atoms with Crippen molar-refractivity contribution in [3.05, 3.63) is 262 Å². The summed E-state index contributed by atoms with van der Waals surface area (Å²) in [5.41, 5.74) is -1.34. The molecule has 16 heteroatoms. The summed E-state index contributed by atoms with van der Waals surface area (Å²) in [5, 5.41) is 0. The maximum absolute atomic E-state index is 15.1. The highest BCUT2D eigenvalue weighted by Gasteiger charge is 2.72. The van der Waals surface area contributed by atoms with Gasteiger partial charge in [0.15, 0.2) is 29.9 Å². The van der Waals surface area contributed by atoms with Gasteiger partial charge < -0.3 is 33.2 Å². The van der Waals surface area contributed by atoms with Gasteiger partial charge in [0.05, 0.1) is 18.8 Å². The van der Waals surface area contributed by atoms with Gasteiger partial charge in [-0.3, -0.25) is 14.4 Å². The Balaban J connectivity index is 0.750. The quantitative estimate of drug-likeness (QED) is 0.0572. The molecule has 0 amide bonds. The van der Waals surface area contributed by atoms with Crippen molar-refractivity contribution in [2.75, 3.05) is 13.2 Å². The molecule has 2 saturated heterocycles. The summed E-state index contributed by atoms with van der Waals surface area (Å²) in [5.74, 6) is 1.34. The van der Waals surface area contributed by atoms with E-state index < -0.39 is 35.2 Å². The maximum Gasteiger partial charge on any atom is 0.411 e. The highest BCUT2D eigenvalue weighted by molar-refractivity contribution is 6.13. The number of aryl methyl sites for hydroxylation is 2. The molecule has 0 N–H and O–H groups in total. The first-order valence-electron chi connectivity index (χ1n) is 28.7. The van der Waals surface area contributed by atoms with Crippen molar-refractivity contribution in [3.8, 4) is 57.1 Å². The standard InChI is InChI=1S/C72H58F6O10/c1-45-9-12-48(13-10-45)67(79)50-19-27-55(28-20-50)84-57-31-23-53(24-32-57)70(71(73,74)75,72(76,77)78)54-25-33-58(34-26-54)85-56-29-21-51(22-30-56)68(80)49-17-15-47(16-18-49)52-14-11-46(2)62(43-52)69(81)63-44-61(39-40-64(63)88-66-8-4-6-42-83-66)86-59-35-37-60(38-36-59)87-65-7-3-5-41-82-65/h9-40,43-44,65-66H,3-8,41-42H2,1-2H3. The molecule has 88 heavy (non-hydrogen) atoms. The molecule has 2 unspecified atom stereocenters. The molecule has 2 atom stereocenters. The van der Waals surface area contributed by atoms with Crippen LogP contribution in [0.3, 0.4) is 0 Å². The number of ether oxygens (including phenoxy) is 7. The van der Waals surface area contributed by atoms with Crippen LogP contribution in [-0.2, 0) is 14.9 Å². The van der Waals surface area contributed by atoms with Crippen molar-refractivity contribution in [1.29, 1.82) is 0 Å². The number of ketones is 3. The largest absolute Gasteiger partial charge is 0.465 e. The fraction of sp³-hybridized carbons (Fsp3) is 0.208. The van der Waals surface area contributed by atoms with E-state index in [4.69, 9.17) is 33.2 Å². The average molecular weight is 1200 g/mol. The maximum atomic E-state index is 15.1. The van der Waals surface area contributed by atoms with Crippen LogP contribution in [0.4, 0.5) is 26.3 Å². The van der Waals surface area contributed by atoms with Gasteiger partial charge in [0, 0.05) is 40.7 Å². The third-order valence-corrected chi connectivity index (χ3v) is 15.5. The van der Waals surface area contributed by atoms with Crippen molar-refractivity contribution >= 4 is 17.3 Å². The minimum atomic E-state index is -5.85. The Hall–Kier alpha value is -9.51. The van der Waals surface area contributed by atoms with Crippen molar-refractivity contribution in [2.24, 2.45) is 0 Å². The Kier molecular flexibility index (Phi) is 17.7. The summed E-state index contributed by atoms with van der Waals surface area (Å²) in [6.45, 7) is 4.95. The van der Waals surface area contributed by atoms with Gasteiger partial charge in [0.1, 0.15) is 46.0 Å². The van der Waals surface area contributed by atoms with Crippen molar-refractivity contribution in [1.82, 2.24) is 0 Å². The van der Waals surface area contributed by atoms with Crippen LogP contribution in [0.2, 0.25) is 0 Å². The minimum Gasteiger partial charge on any atom is -0.465 e. The van der Waals surface area contributed by atoms with Gasteiger partial charge in [-0.15, -0.1) is 0 Å². The fourth-order valence-electron chi connectivity index (χ4n) is 10.7. The zero-order valence-corrected chi connectivity index (χ0v) is 47.8. The molecule has 448 valence electrons. The molecule has 9 aromatic rings. The van der Waals surface area contributed by atoms with Gasteiger partial charge in [0.2, 0.25) is 5.41 Å². The number of alkyl halides is 6. The monoisotopic (exact) mass is 1200 g/mol. The van der Waals surface area contributed by atoms with E-state index in [-0.39, 0.29) is 57.8 Å².